The molecule has 0 aliphatic heterocycles. The number of aromatic hydroxyl groups is 1. The third-order valence-corrected chi connectivity index (χ3v) is 15.9. The van der Waals surface area contributed by atoms with Gasteiger partial charge in [0.1, 0.15) is 42.3 Å². The number of rotatable bonds is 17. The molecule has 0 saturated heterocycles. The summed E-state index contributed by atoms with van der Waals surface area (Å²) in [5, 5.41) is 28.1. The van der Waals surface area contributed by atoms with Crippen LogP contribution in [0, 0.1) is 0 Å². The lowest BCUT2D eigenvalue weighted by Gasteiger charge is -2.22. The van der Waals surface area contributed by atoms with Gasteiger partial charge in [0.2, 0.25) is 17.2 Å². The highest BCUT2D eigenvalue weighted by Gasteiger charge is 2.29. The van der Waals surface area contributed by atoms with E-state index in [9.17, 15) is 73.8 Å². The van der Waals surface area contributed by atoms with Crippen LogP contribution in [-0.2, 0) is 60.1 Å². The van der Waals surface area contributed by atoms with Crippen molar-refractivity contribution in [3.8, 4) is 5.75 Å². The van der Waals surface area contributed by atoms with Crippen molar-refractivity contribution in [2.45, 2.75) is 36.3 Å². The Morgan fingerprint density at radius 3 is 1.76 bits per heavy atom. The van der Waals surface area contributed by atoms with Gasteiger partial charge < -0.3 is 21.1 Å². The Kier molecular flexibility index (Phi) is 14.6. The molecule has 6 rings (SSSR count). The van der Waals surface area contributed by atoms with Crippen LogP contribution in [-0.4, -0.2) is 95.3 Å². The fraction of sp³-hybridized carbons (Fsp3) is 0.0541. The van der Waals surface area contributed by atoms with Crippen LogP contribution in [0.1, 0.15) is 6.92 Å². The van der Waals surface area contributed by atoms with E-state index in [0.717, 1.165) is 29.7 Å². The number of nitrogen functional groups attached to an aromatic ring is 1. The summed E-state index contributed by atoms with van der Waals surface area (Å²) in [6.07, 6.45) is 0. The molecule has 5 aromatic carbocycles. The minimum absolute atomic E-state index is 0.102. The van der Waals surface area contributed by atoms with Crippen LogP contribution in [0.4, 0.5) is 51.7 Å². The standard InChI is InChI=1S/C37H31ClN10O17S6/c1-4-48(21-8-7-9-22(17-21)66(50,51)5-2)37-42-35(38)41-36(43-37)40-20-10-13-26(68(54,55)56)25(16-20)45-47-33-29(71(63,64)65)15-19-14-28(70(60,61)62)32(31(39)30(19)34(33)49)46-44-24-12-11-23(67(52,53)6-3)18-27(24)69(57,58)59/h5-18,49H,2-4,39H2,1H3,(H,54,55,56)(H,57,58,59)(H,60,61,62)(H,63,64,65)(H,40,41,42,43). The SMILES string of the molecule is C=CS(=O)(=O)c1cccc(N(CC)c2nc(Cl)nc(Nc3ccc(S(=O)(=O)O)c(N=Nc4c(S(=O)(=O)O)cc5cc(S(=O)(=O)O)c(N=Nc6ccc(S(=O)(=O)C=C)cc6S(=O)(=O)O)c(N)c5c4O)c3)n2)c1. The Balaban J connectivity index is 1.50. The van der Waals surface area contributed by atoms with E-state index in [1.54, 1.807) is 13.0 Å². The van der Waals surface area contributed by atoms with Gasteiger partial charge in [0, 0.05) is 28.7 Å². The number of benzene rings is 5. The number of anilines is 5. The van der Waals surface area contributed by atoms with Crippen molar-refractivity contribution in [1.29, 1.82) is 0 Å². The average molecular weight is 1120 g/mol. The average Bonchev–Trinajstić information content (AvgIpc) is 3.27. The van der Waals surface area contributed by atoms with E-state index in [1.165, 1.54) is 23.1 Å². The van der Waals surface area contributed by atoms with Crippen LogP contribution in [0.25, 0.3) is 10.8 Å². The molecule has 34 heteroatoms. The normalized spacial score (nSPS) is 12.9. The zero-order valence-electron chi connectivity index (χ0n) is 35.3. The number of phenols is 1. The van der Waals surface area contributed by atoms with E-state index in [-0.39, 0.29) is 29.0 Å². The molecule has 6 aromatic rings. The van der Waals surface area contributed by atoms with Crippen LogP contribution in [0.2, 0.25) is 5.28 Å². The van der Waals surface area contributed by atoms with Crippen LogP contribution >= 0.6 is 11.6 Å². The molecule has 374 valence electrons. The van der Waals surface area contributed by atoms with Gasteiger partial charge in [-0.05, 0) is 90.6 Å². The molecule has 8 N–H and O–H groups in total. The lowest BCUT2D eigenvalue weighted by molar-refractivity contribution is 0.472. The molecule has 0 radical (unpaired) electrons. The number of hydrogen-bond acceptors (Lipinski definition) is 23. The number of nitrogens with one attached hydrogen (secondary N) is 1. The van der Waals surface area contributed by atoms with Gasteiger partial charge in [0.25, 0.3) is 40.5 Å². The predicted octanol–water partition coefficient (Wildman–Crippen LogP) is 6.52. The molecule has 27 nitrogen and oxygen atoms in total. The summed E-state index contributed by atoms with van der Waals surface area (Å²) in [6, 6.07) is 11.3. The minimum atomic E-state index is -5.53. The quantitative estimate of drug-likeness (QED) is 0.0290. The number of nitrogens with two attached hydrogens (primary N) is 1. The second-order valence-corrected chi connectivity index (χ2v) is 23.6. The topological polar surface area (TPSA) is 435 Å². The second kappa shape index (κ2) is 19.4. The lowest BCUT2D eigenvalue weighted by Crippen LogP contribution is -2.20. The summed E-state index contributed by atoms with van der Waals surface area (Å²) in [6.45, 7) is 8.25. The van der Waals surface area contributed by atoms with Crippen LogP contribution in [0.5, 0.6) is 5.75 Å². The third kappa shape index (κ3) is 11.5. The largest absolute Gasteiger partial charge is 0.505 e. The van der Waals surface area contributed by atoms with E-state index >= 15 is 0 Å². The number of sulfone groups is 2. The molecule has 1 aromatic heterocycles. The predicted molar refractivity (Wildman–Crippen MR) is 253 cm³/mol. The van der Waals surface area contributed by atoms with Gasteiger partial charge in [-0.1, -0.05) is 19.2 Å². The number of fused-ring (bicyclic) bond motifs is 1. The smallest absolute Gasteiger partial charge is 0.296 e. The number of nitrogens with zero attached hydrogens (tertiary/aromatic N) is 8. The van der Waals surface area contributed by atoms with Crippen molar-refractivity contribution in [3.05, 3.63) is 102 Å². The van der Waals surface area contributed by atoms with Crippen molar-refractivity contribution >= 4 is 134 Å². The molecule has 0 atom stereocenters. The monoisotopic (exact) mass is 1110 g/mol. The fourth-order valence-electron chi connectivity index (χ4n) is 6.27. The van der Waals surface area contributed by atoms with Crippen LogP contribution in [0.3, 0.4) is 0 Å². The summed E-state index contributed by atoms with van der Waals surface area (Å²) >= 11 is 6.22. The fourth-order valence-corrected chi connectivity index (χ4v) is 10.6. The van der Waals surface area contributed by atoms with Gasteiger partial charge in [-0.3, -0.25) is 18.2 Å². The molecular formula is C37H31ClN10O17S6. The number of phenolic OH excluding ortho intramolecular Hbond substituents is 1. The maximum absolute atomic E-state index is 12.7. The Hall–Kier alpha value is -6.92. The van der Waals surface area contributed by atoms with E-state index in [1.807, 2.05) is 0 Å². The summed E-state index contributed by atoms with van der Waals surface area (Å²) < 4.78 is 190. The maximum Gasteiger partial charge on any atom is 0.296 e. The molecule has 0 saturated carbocycles. The van der Waals surface area contributed by atoms with E-state index in [0.29, 0.717) is 35.4 Å². The molecule has 0 fully saturated rings. The highest BCUT2D eigenvalue weighted by atomic mass is 35.5. The Morgan fingerprint density at radius 2 is 1.20 bits per heavy atom. The molecule has 1 heterocycles. The zero-order chi connectivity index (χ0) is 52.8. The first kappa shape index (κ1) is 53.4. The zero-order valence-corrected chi connectivity index (χ0v) is 41.0. The minimum Gasteiger partial charge on any atom is -0.505 e. The number of halogens is 1. The Labute approximate surface area is 407 Å². The highest BCUT2D eigenvalue weighted by Crippen LogP contribution is 2.49. The van der Waals surface area contributed by atoms with E-state index in [4.69, 9.17) is 17.3 Å². The summed E-state index contributed by atoms with van der Waals surface area (Å²) in [5.41, 5.74) is 1.44. The Morgan fingerprint density at radius 1 is 0.648 bits per heavy atom. The first-order chi connectivity index (χ1) is 32.8. The molecular weight excluding hydrogens is 1080 g/mol. The van der Waals surface area contributed by atoms with Crippen molar-refractivity contribution in [1.82, 2.24) is 15.0 Å². The summed E-state index contributed by atoms with van der Waals surface area (Å²) in [5.74, 6) is -1.78. The van der Waals surface area contributed by atoms with Crippen LogP contribution < -0.4 is 16.0 Å². The van der Waals surface area contributed by atoms with Gasteiger partial charge in [-0.15, -0.1) is 20.5 Å². The van der Waals surface area contributed by atoms with E-state index in [2.05, 4.69) is 53.9 Å². The molecule has 71 heavy (non-hydrogen) atoms. The van der Waals surface area contributed by atoms with Crippen molar-refractivity contribution < 1.29 is 73.8 Å². The van der Waals surface area contributed by atoms with Gasteiger partial charge in [-0.2, -0.15) is 48.6 Å². The summed E-state index contributed by atoms with van der Waals surface area (Å²) in [4.78, 5) is 8.27. The van der Waals surface area contributed by atoms with Gasteiger partial charge in [0.05, 0.1) is 20.9 Å². The second-order valence-electron chi connectivity index (χ2n) is 13.9. The molecule has 0 aliphatic rings. The maximum atomic E-state index is 12.7. The van der Waals surface area contributed by atoms with Gasteiger partial charge in [0.15, 0.2) is 25.4 Å². The van der Waals surface area contributed by atoms with Crippen molar-refractivity contribution in [2.24, 2.45) is 20.5 Å². The van der Waals surface area contributed by atoms with Crippen molar-refractivity contribution in [3.63, 3.8) is 0 Å². The molecule has 0 unspecified atom stereocenters. The highest BCUT2D eigenvalue weighted by molar-refractivity contribution is 7.94. The Bertz CT molecular complexity index is 4030. The van der Waals surface area contributed by atoms with Gasteiger partial charge in [-0.25, -0.2) is 16.8 Å². The summed E-state index contributed by atoms with van der Waals surface area (Å²) in [7, 11) is -29.7. The first-order valence-corrected chi connectivity index (χ1v) is 28.0. The number of aromatic nitrogens is 3. The lowest BCUT2D eigenvalue weighted by atomic mass is 10.1. The molecule has 0 bridgehead atoms. The van der Waals surface area contributed by atoms with E-state index < -0.39 is 135 Å². The molecule has 0 aliphatic carbocycles. The number of azo groups is 2. The molecule has 0 amide bonds. The number of hydrogen-bond donors (Lipinski definition) is 7. The van der Waals surface area contributed by atoms with Crippen molar-refractivity contribution in [2.75, 3.05) is 22.5 Å². The first-order valence-electron chi connectivity index (χ1n) is 18.8. The third-order valence-electron chi connectivity index (χ3n) is 9.47. The van der Waals surface area contributed by atoms with Crippen LogP contribution in [0.15, 0.2) is 147 Å². The van der Waals surface area contributed by atoms with Gasteiger partial charge >= 0.3 is 0 Å². The molecule has 0 spiro atoms.